The van der Waals surface area contributed by atoms with Gasteiger partial charge in [0.25, 0.3) is 0 Å². The van der Waals surface area contributed by atoms with E-state index in [9.17, 15) is 4.79 Å². The molecule has 0 amide bonds. The molecule has 1 aromatic heterocycles. The molecule has 0 fully saturated rings. The van der Waals surface area contributed by atoms with E-state index in [0.717, 1.165) is 11.3 Å². The fraction of sp³-hybridized carbons (Fsp3) is 0.333. The monoisotopic (exact) mass is 150 g/mol. The molecule has 0 saturated heterocycles. The van der Waals surface area contributed by atoms with E-state index in [1.165, 1.54) is 0 Å². The average molecular weight is 150 g/mol. The molecule has 0 atom stereocenters. The van der Waals surface area contributed by atoms with E-state index in [1.807, 2.05) is 36.9 Å². The third kappa shape index (κ3) is 1.45. The lowest BCUT2D eigenvalue weighted by molar-refractivity contribution is -0.677. The van der Waals surface area contributed by atoms with Crippen LogP contribution in [0.1, 0.15) is 23.0 Å². The summed E-state index contributed by atoms with van der Waals surface area (Å²) in [5, 5.41) is 0. The summed E-state index contributed by atoms with van der Waals surface area (Å²) in [5.41, 5.74) is 1.81. The summed E-state index contributed by atoms with van der Waals surface area (Å²) in [6, 6.07) is 3.72. The Morgan fingerprint density at radius 3 is 2.64 bits per heavy atom. The van der Waals surface area contributed by atoms with Gasteiger partial charge in [-0.1, -0.05) is 0 Å². The molecule has 0 saturated carbocycles. The van der Waals surface area contributed by atoms with Crippen molar-refractivity contribution in [1.29, 1.82) is 0 Å². The normalized spacial score (nSPS) is 9.73. The second kappa shape index (κ2) is 2.82. The number of aryl methyl sites for hydroxylation is 1. The maximum absolute atomic E-state index is 11.0. The highest BCUT2D eigenvalue weighted by Crippen LogP contribution is 2.01. The van der Waals surface area contributed by atoms with Gasteiger partial charge in [-0.05, 0) is 13.0 Å². The van der Waals surface area contributed by atoms with Crippen LogP contribution in [-0.4, -0.2) is 5.78 Å². The minimum Gasteiger partial charge on any atom is -0.294 e. The van der Waals surface area contributed by atoms with E-state index in [4.69, 9.17) is 0 Å². The zero-order valence-electron chi connectivity index (χ0n) is 7.09. The van der Waals surface area contributed by atoms with Gasteiger partial charge in [0.1, 0.15) is 7.05 Å². The van der Waals surface area contributed by atoms with E-state index < -0.39 is 0 Å². The molecule has 0 radical (unpaired) electrons. The van der Waals surface area contributed by atoms with Crippen molar-refractivity contribution in [2.24, 2.45) is 7.05 Å². The van der Waals surface area contributed by atoms with Crippen LogP contribution in [-0.2, 0) is 7.05 Å². The number of rotatable bonds is 1. The molecular weight excluding hydrogens is 138 g/mol. The van der Waals surface area contributed by atoms with Crippen LogP contribution >= 0.6 is 0 Å². The first kappa shape index (κ1) is 7.92. The van der Waals surface area contributed by atoms with Gasteiger partial charge in [-0.2, -0.15) is 0 Å². The predicted molar refractivity (Wildman–Crippen MR) is 42.4 cm³/mol. The lowest BCUT2D eigenvalue weighted by atomic mass is 10.1. The largest absolute Gasteiger partial charge is 0.294 e. The Bertz CT molecular complexity index is 292. The number of aromatic nitrogens is 1. The molecule has 0 aliphatic rings. The standard InChI is InChI=1S/C9H12NO/c1-7-9(8(2)11)5-4-6-10(7)3/h4-6H,1-3H3/q+1. The molecule has 0 aliphatic heterocycles. The van der Waals surface area contributed by atoms with Crippen molar-refractivity contribution in [2.45, 2.75) is 13.8 Å². The number of pyridine rings is 1. The fourth-order valence-electron chi connectivity index (χ4n) is 1.06. The molecule has 1 aromatic rings. The number of Topliss-reactive ketones (excluding diaryl/α,β-unsaturated/α-hetero) is 1. The summed E-state index contributed by atoms with van der Waals surface area (Å²) in [6.45, 7) is 3.53. The van der Waals surface area contributed by atoms with Gasteiger partial charge in [0, 0.05) is 13.0 Å². The zero-order chi connectivity index (χ0) is 8.43. The number of carbonyl (C=O) groups excluding carboxylic acids is 1. The lowest BCUT2D eigenvalue weighted by Gasteiger charge is -1.97. The van der Waals surface area contributed by atoms with Gasteiger partial charge >= 0.3 is 0 Å². The van der Waals surface area contributed by atoms with Gasteiger partial charge in [0.15, 0.2) is 17.7 Å². The second-order valence-electron chi connectivity index (χ2n) is 2.67. The zero-order valence-corrected chi connectivity index (χ0v) is 7.09. The van der Waals surface area contributed by atoms with E-state index in [0.29, 0.717) is 0 Å². The first-order valence-electron chi connectivity index (χ1n) is 3.59. The van der Waals surface area contributed by atoms with Crippen LogP contribution in [0.15, 0.2) is 18.3 Å². The molecule has 1 heterocycles. The topological polar surface area (TPSA) is 20.9 Å². The van der Waals surface area contributed by atoms with Gasteiger partial charge in [0.2, 0.25) is 0 Å². The van der Waals surface area contributed by atoms with Gasteiger partial charge in [-0.15, -0.1) is 0 Å². The Morgan fingerprint density at radius 2 is 2.18 bits per heavy atom. The molecule has 0 aromatic carbocycles. The lowest BCUT2D eigenvalue weighted by Crippen LogP contribution is -2.32. The predicted octanol–water partition coefficient (Wildman–Crippen LogP) is 1.02. The molecule has 11 heavy (non-hydrogen) atoms. The summed E-state index contributed by atoms with van der Waals surface area (Å²) < 4.78 is 1.94. The highest BCUT2D eigenvalue weighted by atomic mass is 16.1. The maximum atomic E-state index is 11.0. The quantitative estimate of drug-likeness (QED) is 0.432. The van der Waals surface area contributed by atoms with Crippen molar-refractivity contribution in [1.82, 2.24) is 0 Å². The molecule has 0 spiro atoms. The van der Waals surface area contributed by atoms with Crippen molar-refractivity contribution in [3.05, 3.63) is 29.6 Å². The highest BCUT2D eigenvalue weighted by molar-refractivity contribution is 5.94. The fourth-order valence-corrected chi connectivity index (χ4v) is 1.06. The van der Waals surface area contributed by atoms with E-state index in [-0.39, 0.29) is 5.78 Å². The minimum atomic E-state index is 0.124. The molecule has 58 valence electrons. The second-order valence-corrected chi connectivity index (χ2v) is 2.67. The first-order valence-corrected chi connectivity index (χ1v) is 3.59. The van der Waals surface area contributed by atoms with Crippen molar-refractivity contribution in [3.63, 3.8) is 0 Å². The molecule has 0 N–H and O–H groups in total. The van der Waals surface area contributed by atoms with Crippen LogP contribution in [0.4, 0.5) is 0 Å². The molecule has 0 aliphatic carbocycles. The summed E-state index contributed by atoms with van der Waals surface area (Å²) in [5.74, 6) is 0.124. The Labute approximate surface area is 66.5 Å². The van der Waals surface area contributed by atoms with Gasteiger partial charge < -0.3 is 0 Å². The van der Waals surface area contributed by atoms with Crippen LogP contribution in [0.25, 0.3) is 0 Å². The number of nitrogens with zero attached hydrogens (tertiary/aromatic N) is 1. The van der Waals surface area contributed by atoms with Crippen molar-refractivity contribution >= 4 is 5.78 Å². The Morgan fingerprint density at radius 1 is 1.55 bits per heavy atom. The van der Waals surface area contributed by atoms with E-state index >= 15 is 0 Å². The first-order chi connectivity index (χ1) is 5.13. The van der Waals surface area contributed by atoms with Crippen LogP contribution in [0.3, 0.4) is 0 Å². The molecule has 0 unspecified atom stereocenters. The number of hydrogen-bond acceptors (Lipinski definition) is 1. The summed E-state index contributed by atoms with van der Waals surface area (Å²) in [6.07, 6.45) is 1.93. The molecule has 0 bridgehead atoms. The van der Waals surface area contributed by atoms with Crippen LogP contribution < -0.4 is 4.57 Å². The average Bonchev–Trinajstić information content (AvgIpc) is 1.94. The smallest absolute Gasteiger partial charge is 0.188 e. The Kier molecular flexibility index (Phi) is 2.03. The minimum absolute atomic E-state index is 0.124. The van der Waals surface area contributed by atoms with Crippen molar-refractivity contribution < 1.29 is 9.36 Å². The Hall–Kier alpha value is -1.18. The maximum Gasteiger partial charge on any atom is 0.188 e. The number of hydrogen-bond donors (Lipinski definition) is 0. The van der Waals surface area contributed by atoms with E-state index in [2.05, 4.69) is 0 Å². The number of ketones is 1. The Balaban J connectivity index is 3.27. The molecule has 2 nitrogen and oxygen atoms in total. The van der Waals surface area contributed by atoms with Crippen LogP contribution in [0.5, 0.6) is 0 Å². The van der Waals surface area contributed by atoms with Gasteiger partial charge in [-0.25, -0.2) is 4.57 Å². The third-order valence-electron chi connectivity index (χ3n) is 1.87. The molecule has 1 rings (SSSR count). The highest BCUT2D eigenvalue weighted by Gasteiger charge is 2.09. The SMILES string of the molecule is CC(=O)c1ccc[n+](C)c1C. The van der Waals surface area contributed by atoms with Crippen molar-refractivity contribution in [3.8, 4) is 0 Å². The summed E-state index contributed by atoms with van der Waals surface area (Å²) >= 11 is 0. The van der Waals surface area contributed by atoms with Crippen LogP contribution in [0, 0.1) is 6.92 Å². The van der Waals surface area contributed by atoms with Crippen molar-refractivity contribution in [2.75, 3.05) is 0 Å². The third-order valence-corrected chi connectivity index (χ3v) is 1.87. The van der Waals surface area contributed by atoms with Gasteiger partial charge in [-0.3, -0.25) is 4.79 Å². The number of carbonyl (C=O) groups is 1. The molecular formula is C9H12NO+. The summed E-state index contributed by atoms with van der Waals surface area (Å²) in [7, 11) is 1.93. The van der Waals surface area contributed by atoms with E-state index in [1.54, 1.807) is 6.92 Å². The summed E-state index contributed by atoms with van der Waals surface area (Å²) in [4.78, 5) is 11.0. The van der Waals surface area contributed by atoms with Gasteiger partial charge in [0.05, 0.1) is 5.56 Å². The van der Waals surface area contributed by atoms with Crippen LogP contribution in [0.2, 0.25) is 0 Å². The molecule has 2 heteroatoms.